The fraction of sp³-hybridized carbons (Fsp3) is 0.290. The summed E-state index contributed by atoms with van der Waals surface area (Å²) in [4.78, 5) is 46.4. The molecule has 0 N–H and O–H groups in total. The molecule has 1 aliphatic rings. The predicted octanol–water partition coefficient (Wildman–Crippen LogP) is 6.22. The van der Waals surface area contributed by atoms with Gasteiger partial charge < -0.3 is 18.6 Å². The average molecular weight is 593 g/mol. The number of ether oxygens (including phenoxy) is 3. The van der Waals surface area contributed by atoms with Crippen LogP contribution >= 0.6 is 11.3 Å². The van der Waals surface area contributed by atoms with Crippen molar-refractivity contribution in [2.24, 2.45) is 5.92 Å². The lowest BCUT2D eigenvalue weighted by atomic mass is 9.98. The van der Waals surface area contributed by atoms with Gasteiger partial charge in [-0.2, -0.15) is 0 Å². The first-order valence-corrected chi connectivity index (χ1v) is 14.1. The number of esters is 1. The molecule has 2 aromatic heterocycles. The van der Waals surface area contributed by atoms with E-state index in [4.69, 9.17) is 18.6 Å². The number of amides is 1. The maximum Gasteiger partial charge on any atom is 0.350 e. The van der Waals surface area contributed by atoms with Gasteiger partial charge in [0.25, 0.3) is 5.91 Å². The number of methoxy groups -OCH3 is 1. The third-order valence-electron chi connectivity index (χ3n) is 6.80. The fourth-order valence-corrected chi connectivity index (χ4v) is 5.70. The normalized spacial score (nSPS) is 14.4. The predicted molar refractivity (Wildman–Crippen MR) is 156 cm³/mol. The fourth-order valence-electron chi connectivity index (χ4n) is 4.71. The number of rotatable bonds is 10. The van der Waals surface area contributed by atoms with E-state index in [1.165, 1.54) is 24.2 Å². The summed E-state index contributed by atoms with van der Waals surface area (Å²) in [5, 5.41) is 0.156. The van der Waals surface area contributed by atoms with E-state index in [2.05, 4.69) is 25.4 Å². The van der Waals surface area contributed by atoms with Crippen molar-refractivity contribution in [1.29, 1.82) is 0 Å². The first kappa shape index (κ1) is 29.0. The van der Waals surface area contributed by atoms with E-state index < -0.39 is 29.2 Å². The van der Waals surface area contributed by atoms with Crippen molar-refractivity contribution in [2.75, 3.05) is 25.2 Å². The minimum absolute atomic E-state index is 0.00184. The Hall–Kier alpha value is -4.51. The van der Waals surface area contributed by atoms with Gasteiger partial charge in [0.1, 0.15) is 22.9 Å². The van der Waals surface area contributed by atoms with Gasteiger partial charge in [-0.3, -0.25) is 14.5 Å². The summed E-state index contributed by atoms with van der Waals surface area (Å²) in [6.45, 7) is 9.86. The van der Waals surface area contributed by atoms with Crippen molar-refractivity contribution in [3.63, 3.8) is 0 Å². The van der Waals surface area contributed by atoms with E-state index in [1.54, 1.807) is 25.1 Å². The van der Waals surface area contributed by atoms with Gasteiger partial charge in [0.15, 0.2) is 22.1 Å². The van der Waals surface area contributed by atoms with Crippen LogP contribution in [0.4, 0.5) is 9.52 Å². The molecule has 0 radical (unpaired) electrons. The topological polar surface area (TPSA) is 108 Å². The van der Waals surface area contributed by atoms with E-state index in [0.29, 0.717) is 35.3 Å². The van der Waals surface area contributed by atoms with Gasteiger partial charge in [-0.05, 0) is 55.2 Å². The number of nitrogens with zero attached hydrogens (tertiary/aromatic N) is 2. The maximum atomic E-state index is 14.2. The van der Waals surface area contributed by atoms with Crippen molar-refractivity contribution in [3.05, 3.63) is 92.6 Å². The molecule has 1 aliphatic heterocycles. The molecule has 0 bridgehead atoms. The number of benzene rings is 2. The van der Waals surface area contributed by atoms with E-state index in [1.807, 2.05) is 0 Å². The Bertz CT molecular complexity index is 1760. The molecular formula is C31H29FN2O7S. The van der Waals surface area contributed by atoms with Crippen LogP contribution < -0.4 is 19.8 Å². The lowest BCUT2D eigenvalue weighted by Crippen LogP contribution is -2.29. The molecule has 218 valence electrons. The van der Waals surface area contributed by atoms with Crippen LogP contribution in [0, 0.1) is 18.7 Å². The number of aromatic nitrogens is 1. The van der Waals surface area contributed by atoms with Gasteiger partial charge >= 0.3 is 5.97 Å². The molecule has 4 aromatic rings. The van der Waals surface area contributed by atoms with Gasteiger partial charge in [-0.15, -0.1) is 0 Å². The van der Waals surface area contributed by atoms with Crippen LogP contribution in [0.15, 0.2) is 58.3 Å². The van der Waals surface area contributed by atoms with Crippen LogP contribution in [0.2, 0.25) is 0 Å². The van der Waals surface area contributed by atoms with Crippen molar-refractivity contribution in [3.8, 4) is 11.5 Å². The largest absolute Gasteiger partial charge is 0.493 e. The maximum absolute atomic E-state index is 14.2. The molecule has 0 saturated carbocycles. The van der Waals surface area contributed by atoms with Crippen LogP contribution in [0.5, 0.6) is 11.5 Å². The molecule has 0 saturated heterocycles. The number of carbonyl (C=O) groups is 2. The Labute approximate surface area is 245 Å². The number of carbonyl (C=O) groups excluding carboxylic acids is 2. The van der Waals surface area contributed by atoms with E-state index in [0.717, 1.165) is 29.9 Å². The Morgan fingerprint density at radius 3 is 2.71 bits per heavy atom. The lowest BCUT2D eigenvalue weighted by molar-refractivity contribution is 0.0554. The van der Waals surface area contributed by atoms with Crippen LogP contribution in [0.1, 0.15) is 63.4 Å². The highest BCUT2D eigenvalue weighted by atomic mass is 32.1. The molecule has 1 atom stereocenters. The van der Waals surface area contributed by atoms with Gasteiger partial charge in [0.05, 0.1) is 36.4 Å². The Balaban J connectivity index is 1.67. The summed E-state index contributed by atoms with van der Waals surface area (Å²) >= 11 is 0.953. The highest BCUT2D eigenvalue weighted by molar-refractivity contribution is 7.17. The van der Waals surface area contributed by atoms with E-state index >= 15 is 0 Å². The lowest BCUT2D eigenvalue weighted by Gasteiger charge is -2.23. The van der Waals surface area contributed by atoms with E-state index in [-0.39, 0.29) is 38.9 Å². The number of thiazole rings is 1. The smallest absolute Gasteiger partial charge is 0.350 e. The summed E-state index contributed by atoms with van der Waals surface area (Å²) in [5.74, 6) is -0.699. The number of aryl methyl sites for hydroxylation is 1. The highest BCUT2D eigenvalue weighted by Crippen LogP contribution is 2.45. The summed E-state index contributed by atoms with van der Waals surface area (Å²) in [6, 6.07) is 7.65. The first-order chi connectivity index (χ1) is 20.1. The minimum Gasteiger partial charge on any atom is -0.493 e. The van der Waals surface area contributed by atoms with Crippen LogP contribution in [-0.4, -0.2) is 37.2 Å². The SMILES string of the molecule is C=CCOC(=O)c1sc(N2C(=O)c3oc4ccc(F)cc4c(=O)c3C2c2ccc(OCCC(C)C)c(OC)c2)nc1C. The van der Waals surface area contributed by atoms with Crippen molar-refractivity contribution >= 4 is 39.3 Å². The zero-order valence-electron chi connectivity index (χ0n) is 23.6. The van der Waals surface area contributed by atoms with E-state index in [9.17, 15) is 18.8 Å². The second-order valence-corrected chi connectivity index (χ2v) is 11.1. The molecule has 3 heterocycles. The molecule has 9 nitrogen and oxygen atoms in total. The summed E-state index contributed by atoms with van der Waals surface area (Å²) in [6.07, 6.45) is 2.29. The minimum atomic E-state index is -1.02. The van der Waals surface area contributed by atoms with Gasteiger partial charge in [0, 0.05) is 0 Å². The second kappa shape index (κ2) is 11.8. The molecule has 1 unspecified atom stereocenters. The summed E-state index contributed by atoms with van der Waals surface area (Å²) in [5.41, 5.74) is 0.398. The Morgan fingerprint density at radius 1 is 1.21 bits per heavy atom. The van der Waals surface area contributed by atoms with Gasteiger partial charge in [0.2, 0.25) is 5.76 Å². The summed E-state index contributed by atoms with van der Waals surface area (Å²) in [7, 11) is 1.50. The molecule has 1 amide bonds. The number of halogens is 1. The molecule has 0 fully saturated rings. The summed E-state index contributed by atoms with van der Waals surface area (Å²) < 4.78 is 36.8. The molecule has 42 heavy (non-hydrogen) atoms. The van der Waals surface area contributed by atoms with Crippen LogP contribution in [0.3, 0.4) is 0 Å². The monoisotopic (exact) mass is 592 g/mol. The van der Waals surface area contributed by atoms with Gasteiger partial charge in [-0.25, -0.2) is 14.2 Å². The van der Waals surface area contributed by atoms with Crippen molar-refractivity contribution in [2.45, 2.75) is 33.2 Å². The second-order valence-electron chi connectivity index (χ2n) is 10.1. The zero-order valence-corrected chi connectivity index (χ0v) is 24.4. The average Bonchev–Trinajstić information content (AvgIpc) is 3.49. The third-order valence-corrected chi connectivity index (χ3v) is 7.93. The quantitative estimate of drug-likeness (QED) is 0.158. The molecular weight excluding hydrogens is 563 g/mol. The number of hydrogen-bond donors (Lipinski definition) is 0. The van der Waals surface area contributed by atoms with Gasteiger partial charge in [-0.1, -0.05) is 43.9 Å². The number of hydrogen-bond acceptors (Lipinski definition) is 9. The van der Waals surface area contributed by atoms with Crippen LogP contribution in [-0.2, 0) is 4.74 Å². The standard InChI is InChI=1S/C31H29FN2O7S/c1-6-12-40-30(37)28-17(4)33-31(42-28)34-25(18-7-9-22(23(14-18)38-5)39-13-11-16(2)3)24-26(35)20-15-19(32)8-10-21(20)41-27(24)29(34)36/h6-10,14-16,25H,1,11-13H2,2-5H3. The zero-order chi connectivity index (χ0) is 30.1. The molecule has 0 spiro atoms. The number of anilines is 1. The molecule has 2 aromatic carbocycles. The van der Waals surface area contributed by atoms with Crippen LogP contribution in [0.25, 0.3) is 11.0 Å². The third kappa shape index (κ3) is 5.27. The Kier molecular flexibility index (Phi) is 8.13. The van der Waals surface area contributed by atoms with Crippen molar-refractivity contribution in [1.82, 2.24) is 4.98 Å². The first-order valence-electron chi connectivity index (χ1n) is 13.3. The molecule has 11 heteroatoms. The number of fused-ring (bicyclic) bond motifs is 2. The highest BCUT2D eigenvalue weighted by Gasteiger charge is 2.45. The molecule has 0 aliphatic carbocycles. The van der Waals surface area contributed by atoms with Crippen molar-refractivity contribution < 1.29 is 32.6 Å². The molecule has 5 rings (SSSR count). The Morgan fingerprint density at radius 2 is 2.00 bits per heavy atom.